The number of rotatable bonds is 10. The van der Waals surface area contributed by atoms with E-state index in [9.17, 15) is 4.79 Å². The molecule has 1 aliphatic heterocycles. The molecule has 1 saturated heterocycles. The van der Waals surface area contributed by atoms with Crippen molar-refractivity contribution in [1.29, 1.82) is 0 Å². The second-order valence-electron chi connectivity index (χ2n) is 13.6. The Balaban J connectivity index is 1.55. The van der Waals surface area contributed by atoms with Crippen molar-refractivity contribution in [2.75, 3.05) is 6.61 Å². The third kappa shape index (κ3) is 5.73. The van der Waals surface area contributed by atoms with Crippen LogP contribution in [0.15, 0.2) is 0 Å². The zero-order chi connectivity index (χ0) is 24.8. The Hall–Kier alpha value is -0.368. The highest BCUT2D eigenvalue weighted by atomic mass is 28.4. The maximum Gasteiger partial charge on any atom is 0.457 e. The molecular formula is C26H49BO5Si. The number of hydrogen-bond acceptors (Lipinski definition) is 5. The zero-order valence-electron chi connectivity index (χ0n) is 23.0. The number of hydrogen-bond donors (Lipinski definition) is 0. The Bertz CT molecular complexity index is 703. The first-order valence-electron chi connectivity index (χ1n) is 13.2. The van der Waals surface area contributed by atoms with Gasteiger partial charge in [-0.3, -0.25) is 4.79 Å². The van der Waals surface area contributed by atoms with Gasteiger partial charge in [0.2, 0.25) is 0 Å². The molecule has 1 heterocycles. The van der Waals surface area contributed by atoms with Gasteiger partial charge in [0.05, 0.1) is 30.8 Å². The molecule has 0 N–H and O–H groups in total. The fourth-order valence-electron chi connectivity index (χ4n) is 5.89. The summed E-state index contributed by atoms with van der Waals surface area (Å²) in [4.78, 5) is 12.5. The summed E-state index contributed by atoms with van der Waals surface area (Å²) in [6.45, 7) is 22.9. The number of ether oxygens (including phenoxy) is 1. The number of carbonyl (C=O) groups excluding carboxylic acids is 1. The summed E-state index contributed by atoms with van der Waals surface area (Å²) in [6.07, 6.45) is 5.42. The van der Waals surface area contributed by atoms with Gasteiger partial charge in [0.25, 0.3) is 0 Å². The Morgan fingerprint density at radius 3 is 2.42 bits per heavy atom. The molecular weight excluding hydrogens is 431 g/mol. The molecule has 0 radical (unpaired) electrons. The lowest BCUT2D eigenvalue weighted by Crippen LogP contribution is -2.65. The summed E-state index contributed by atoms with van der Waals surface area (Å²) in [7, 11) is -2.13. The Morgan fingerprint density at radius 1 is 1.18 bits per heavy atom. The third-order valence-electron chi connectivity index (χ3n) is 9.21. The standard InChI is InChI=1S/C26H49BO5Si/c1-18(2)17-29-23(28)16-20(31-33(9,10)24(3,4)5)12-11-13-27-30-22-15-19-14-21(25(19,6)7)26(22,8)32-27/h18-22H,11-17H2,1-10H3/t19-,20-,21-,22+,26-/m0/s1. The quantitative estimate of drug-likeness (QED) is 0.265. The molecule has 0 aromatic heterocycles. The Morgan fingerprint density at radius 2 is 1.85 bits per heavy atom. The van der Waals surface area contributed by atoms with Gasteiger partial charge in [0, 0.05) is 0 Å². The van der Waals surface area contributed by atoms with Gasteiger partial charge in [-0.2, -0.15) is 0 Å². The van der Waals surface area contributed by atoms with Gasteiger partial charge in [-0.1, -0.05) is 54.9 Å². The fraction of sp³-hybridized carbons (Fsp3) is 0.962. The lowest BCUT2D eigenvalue weighted by molar-refractivity contribution is -0.199. The molecule has 4 aliphatic rings. The minimum atomic E-state index is -1.99. The highest BCUT2D eigenvalue weighted by Gasteiger charge is 2.67. The van der Waals surface area contributed by atoms with Crippen molar-refractivity contribution in [1.82, 2.24) is 0 Å². The van der Waals surface area contributed by atoms with Crippen LogP contribution in [0.1, 0.15) is 87.5 Å². The minimum Gasteiger partial charge on any atom is -0.465 e. The molecule has 0 unspecified atom stereocenters. The van der Waals surface area contributed by atoms with E-state index in [2.05, 4.69) is 68.5 Å². The van der Waals surface area contributed by atoms with E-state index in [1.54, 1.807) is 0 Å². The molecule has 7 heteroatoms. The zero-order valence-corrected chi connectivity index (χ0v) is 24.0. The number of carbonyl (C=O) groups is 1. The summed E-state index contributed by atoms with van der Waals surface area (Å²) < 4.78 is 25.1. The molecule has 4 rings (SSSR count). The third-order valence-corrected chi connectivity index (χ3v) is 13.7. The molecule has 3 saturated carbocycles. The van der Waals surface area contributed by atoms with E-state index in [4.69, 9.17) is 18.5 Å². The van der Waals surface area contributed by atoms with E-state index in [0.717, 1.165) is 31.5 Å². The van der Waals surface area contributed by atoms with E-state index in [1.807, 2.05) is 0 Å². The van der Waals surface area contributed by atoms with Crippen LogP contribution in [-0.4, -0.2) is 45.8 Å². The predicted molar refractivity (Wildman–Crippen MR) is 137 cm³/mol. The molecule has 0 aromatic rings. The first kappa shape index (κ1) is 27.2. The van der Waals surface area contributed by atoms with Gasteiger partial charge in [-0.15, -0.1) is 0 Å². The van der Waals surface area contributed by atoms with Crippen LogP contribution in [-0.2, 0) is 23.3 Å². The van der Waals surface area contributed by atoms with Crippen molar-refractivity contribution in [3.8, 4) is 0 Å². The van der Waals surface area contributed by atoms with E-state index < -0.39 is 8.32 Å². The van der Waals surface area contributed by atoms with Crippen molar-refractivity contribution < 1.29 is 23.3 Å². The van der Waals surface area contributed by atoms with Gasteiger partial charge >= 0.3 is 13.1 Å². The fourth-order valence-corrected chi connectivity index (χ4v) is 7.28. The smallest absolute Gasteiger partial charge is 0.457 e. The lowest BCUT2D eigenvalue weighted by atomic mass is 9.43. The SMILES string of the molecule is CC(C)COC(=O)C[C@H](CCCB1O[C@@H]2C[C@@H]3C[C@@H](C3(C)C)[C@]2(C)O1)O[Si](C)(C)C(C)(C)C. The molecule has 0 spiro atoms. The summed E-state index contributed by atoms with van der Waals surface area (Å²) in [5.74, 6) is 1.54. The molecule has 5 nitrogen and oxygen atoms in total. The van der Waals surface area contributed by atoms with Crippen LogP contribution in [0.4, 0.5) is 0 Å². The molecule has 33 heavy (non-hydrogen) atoms. The van der Waals surface area contributed by atoms with Crippen LogP contribution in [0.25, 0.3) is 0 Å². The van der Waals surface area contributed by atoms with Crippen LogP contribution in [0.2, 0.25) is 24.5 Å². The molecule has 5 atom stereocenters. The topological polar surface area (TPSA) is 54.0 Å². The monoisotopic (exact) mass is 480 g/mol. The normalized spacial score (nSPS) is 31.8. The van der Waals surface area contributed by atoms with Crippen LogP contribution in [0.5, 0.6) is 0 Å². The lowest BCUT2D eigenvalue weighted by Gasteiger charge is -2.64. The first-order chi connectivity index (χ1) is 15.1. The Kier molecular flexibility index (Phi) is 7.91. The van der Waals surface area contributed by atoms with Crippen molar-refractivity contribution in [2.45, 2.75) is 130 Å². The largest absolute Gasteiger partial charge is 0.465 e. The second-order valence-corrected chi connectivity index (χ2v) is 18.4. The van der Waals surface area contributed by atoms with Gasteiger partial charge in [-0.25, -0.2) is 0 Å². The van der Waals surface area contributed by atoms with Gasteiger partial charge in [0.1, 0.15) is 0 Å². The average Bonchev–Trinajstić information content (AvgIpc) is 3.00. The van der Waals surface area contributed by atoms with Gasteiger partial charge < -0.3 is 18.5 Å². The Labute approximate surface area is 204 Å². The summed E-state index contributed by atoms with van der Waals surface area (Å²) >= 11 is 0. The maximum atomic E-state index is 12.5. The minimum absolute atomic E-state index is 0.0999. The first-order valence-corrected chi connectivity index (χ1v) is 16.1. The van der Waals surface area contributed by atoms with Crippen molar-refractivity contribution >= 4 is 21.4 Å². The van der Waals surface area contributed by atoms with E-state index in [1.165, 1.54) is 6.42 Å². The highest BCUT2D eigenvalue weighted by Crippen LogP contribution is 2.65. The summed E-state index contributed by atoms with van der Waals surface area (Å²) in [5, 5.41) is 0.0999. The van der Waals surface area contributed by atoms with E-state index >= 15 is 0 Å². The molecule has 0 aromatic carbocycles. The van der Waals surface area contributed by atoms with Crippen LogP contribution in [0, 0.1) is 23.2 Å². The predicted octanol–water partition coefficient (Wildman–Crippen LogP) is 6.47. The van der Waals surface area contributed by atoms with E-state index in [0.29, 0.717) is 30.3 Å². The highest BCUT2D eigenvalue weighted by molar-refractivity contribution is 6.74. The number of esters is 1. The van der Waals surface area contributed by atoms with E-state index in [-0.39, 0.29) is 35.9 Å². The molecule has 0 amide bonds. The molecule has 4 fully saturated rings. The molecule has 3 aliphatic carbocycles. The van der Waals surface area contributed by atoms with Gasteiger partial charge in [-0.05, 0) is 73.8 Å². The van der Waals surface area contributed by atoms with Crippen LogP contribution < -0.4 is 0 Å². The van der Waals surface area contributed by atoms with Crippen molar-refractivity contribution in [2.24, 2.45) is 23.2 Å². The maximum absolute atomic E-state index is 12.5. The summed E-state index contributed by atoms with van der Waals surface area (Å²) in [6, 6.07) is 0. The molecule has 190 valence electrons. The average molecular weight is 481 g/mol. The molecule has 2 bridgehead atoms. The van der Waals surface area contributed by atoms with Crippen molar-refractivity contribution in [3.05, 3.63) is 0 Å². The summed E-state index contributed by atoms with van der Waals surface area (Å²) in [5.41, 5.74) is 0.211. The van der Waals surface area contributed by atoms with Crippen molar-refractivity contribution in [3.63, 3.8) is 0 Å². The van der Waals surface area contributed by atoms with Crippen LogP contribution >= 0.6 is 0 Å². The van der Waals surface area contributed by atoms with Gasteiger partial charge in [0.15, 0.2) is 8.32 Å². The van der Waals surface area contributed by atoms with Crippen LogP contribution in [0.3, 0.4) is 0 Å². The second kappa shape index (κ2) is 9.59.